The molecule has 3 aromatic rings. The van der Waals surface area contributed by atoms with Crippen molar-refractivity contribution in [2.45, 2.75) is 31.7 Å². The van der Waals surface area contributed by atoms with E-state index in [4.69, 9.17) is 0 Å². The lowest BCUT2D eigenvalue weighted by Crippen LogP contribution is -2.43. The minimum atomic E-state index is -0.282. The zero-order valence-electron chi connectivity index (χ0n) is 19.3. The van der Waals surface area contributed by atoms with Gasteiger partial charge in [-0.3, -0.25) is 14.4 Å². The number of fused-ring (bicyclic) bond motifs is 3. The Kier molecular flexibility index (Phi) is 5.79. The van der Waals surface area contributed by atoms with Crippen LogP contribution in [0.4, 0.5) is 5.69 Å². The molecule has 0 saturated carbocycles. The highest BCUT2D eigenvalue weighted by Crippen LogP contribution is 2.32. The molecule has 0 bridgehead atoms. The summed E-state index contributed by atoms with van der Waals surface area (Å²) in [5.74, 6) is -0.457. The zero-order valence-corrected chi connectivity index (χ0v) is 19.3. The van der Waals surface area contributed by atoms with Gasteiger partial charge in [-0.2, -0.15) is 0 Å². The number of piperidine rings is 1. The molecule has 176 valence electrons. The summed E-state index contributed by atoms with van der Waals surface area (Å²) < 4.78 is 0. The summed E-state index contributed by atoms with van der Waals surface area (Å²) in [6.07, 6.45) is 3.34. The van der Waals surface area contributed by atoms with Gasteiger partial charge in [-0.05, 0) is 68.9 Å². The van der Waals surface area contributed by atoms with E-state index in [9.17, 15) is 14.4 Å². The molecule has 2 aliphatic heterocycles. The van der Waals surface area contributed by atoms with Crippen molar-refractivity contribution in [1.82, 2.24) is 25.5 Å². The van der Waals surface area contributed by atoms with Gasteiger partial charge in [0.25, 0.3) is 17.7 Å². The van der Waals surface area contributed by atoms with Crippen molar-refractivity contribution in [3.05, 3.63) is 59.0 Å². The summed E-state index contributed by atoms with van der Waals surface area (Å²) in [6, 6.07) is 8.80. The van der Waals surface area contributed by atoms with E-state index in [0.717, 1.165) is 42.4 Å². The number of hydrogen-bond acceptors (Lipinski definition) is 5. The Balaban J connectivity index is 1.27. The van der Waals surface area contributed by atoms with Crippen LogP contribution < -0.4 is 16.0 Å². The second-order valence-electron chi connectivity index (χ2n) is 9.22. The maximum absolute atomic E-state index is 12.9. The summed E-state index contributed by atoms with van der Waals surface area (Å²) in [7, 11) is 2.08. The number of rotatable bonds is 4. The first-order valence-electron chi connectivity index (χ1n) is 11.6. The normalized spacial score (nSPS) is 18.9. The first kappa shape index (κ1) is 22.1. The second-order valence-corrected chi connectivity index (χ2v) is 9.22. The fourth-order valence-corrected chi connectivity index (χ4v) is 4.70. The molecule has 1 atom stereocenters. The molecule has 4 N–H and O–H groups in total. The van der Waals surface area contributed by atoms with Gasteiger partial charge < -0.3 is 25.8 Å². The number of carbonyl (C=O) groups excluding carboxylic acids is 3. The van der Waals surface area contributed by atoms with Crippen LogP contribution in [0.2, 0.25) is 0 Å². The third kappa shape index (κ3) is 4.26. The fourth-order valence-electron chi connectivity index (χ4n) is 4.70. The lowest BCUT2D eigenvalue weighted by molar-refractivity contribution is 0.0909. The Morgan fingerprint density at radius 3 is 2.65 bits per heavy atom. The monoisotopic (exact) mass is 460 g/mol. The van der Waals surface area contributed by atoms with Crippen molar-refractivity contribution in [3.63, 3.8) is 0 Å². The number of amides is 3. The van der Waals surface area contributed by atoms with Crippen molar-refractivity contribution in [2.75, 3.05) is 32.0 Å². The van der Waals surface area contributed by atoms with Crippen molar-refractivity contribution < 1.29 is 14.4 Å². The molecule has 0 spiro atoms. The number of anilines is 1. The first-order valence-corrected chi connectivity index (χ1v) is 11.6. The minimum absolute atomic E-state index is 0.124. The molecule has 9 heteroatoms. The van der Waals surface area contributed by atoms with Crippen LogP contribution in [0.3, 0.4) is 0 Å². The molecule has 2 aromatic heterocycles. The third-order valence-corrected chi connectivity index (χ3v) is 6.70. The maximum Gasteiger partial charge on any atom is 0.270 e. The van der Waals surface area contributed by atoms with E-state index in [2.05, 4.69) is 37.9 Å². The number of benzene rings is 1. The van der Waals surface area contributed by atoms with Gasteiger partial charge >= 0.3 is 0 Å². The molecule has 1 aromatic carbocycles. The summed E-state index contributed by atoms with van der Waals surface area (Å²) in [6.45, 7) is 4.55. The summed E-state index contributed by atoms with van der Waals surface area (Å²) in [5.41, 5.74) is 3.64. The molecule has 0 aliphatic carbocycles. The Labute approximate surface area is 197 Å². The van der Waals surface area contributed by atoms with Gasteiger partial charge in [0.2, 0.25) is 0 Å². The molecule has 1 fully saturated rings. The number of aromatic amines is 1. The van der Waals surface area contributed by atoms with Gasteiger partial charge in [0.05, 0.1) is 11.9 Å². The largest absolute Gasteiger partial charge is 0.350 e. The summed E-state index contributed by atoms with van der Waals surface area (Å²) >= 11 is 0. The van der Waals surface area contributed by atoms with Gasteiger partial charge in [0, 0.05) is 35.0 Å². The third-order valence-electron chi connectivity index (χ3n) is 6.70. The predicted molar refractivity (Wildman–Crippen MR) is 129 cm³/mol. The van der Waals surface area contributed by atoms with Gasteiger partial charge in [-0.1, -0.05) is 6.92 Å². The predicted octanol–water partition coefficient (Wildman–Crippen LogP) is 2.49. The van der Waals surface area contributed by atoms with Crippen LogP contribution in [0.5, 0.6) is 0 Å². The molecular weight excluding hydrogens is 432 g/mol. The van der Waals surface area contributed by atoms with Crippen LogP contribution in [-0.4, -0.2) is 65.3 Å². The Bertz CT molecular complexity index is 1260. The van der Waals surface area contributed by atoms with E-state index in [0.29, 0.717) is 29.2 Å². The number of aromatic nitrogens is 2. The highest BCUT2D eigenvalue weighted by atomic mass is 16.2. The van der Waals surface area contributed by atoms with Crippen LogP contribution in [0.1, 0.15) is 62.6 Å². The minimum Gasteiger partial charge on any atom is -0.350 e. The maximum atomic E-state index is 12.9. The van der Waals surface area contributed by atoms with E-state index < -0.39 is 0 Å². The molecule has 0 radical (unpaired) electrons. The van der Waals surface area contributed by atoms with E-state index >= 15 is 0 Å². The van der Waals surface area contributed by atoms with Crippen molar-refractivity contribution >= 4 is 34.3 Å². The van der Waals surface area contributed by atoms with Crippen molar-refractivity contribution in [3.8, 4) is 0 Å². The van der Waals surface area contributed by atoms with Crippen LogP contribution in [0.25, 0.3) is 10.9 Å². The fraction of sp³-hybridized carbons (Fsp3) is 0.360. The van der Waals surface area contributed by atoms with Gasteiger partial charge in [0.1, 0.15) is 11.4 Å². The number of nitrogens with one attached hydrogen (secondary N) is 4. The van der Waals surface area contributed by atoms with Crippen molar-refractivity contribution in [1.29, 1.82) is 0 Å². The van der Waals surface area contributed by atoms with E-state index in [1.54, 1.807) is 18.2 Å². The standard InChI is InChI=1S/C25H28N6O3/c1-14-12-27-25(34)22-21(14)18-11-15(3-5-19(18)30-22)23(32)29-17-4-6-20(26-13-17)24(33)28-16-7-9-31(2)10-8-16/h3-6,11,13-14,16,30H,7-10,12H2,1-2H3,(H,27,34)(H,28,33)(H,29,32). The van der Waals surface area contributed by atoms with Crippen LogP contribution >= 0.6 is 0 Å². The summed E-state index contributed by atoms with van der Waals surface area (Å²) in [5, 5.41) is 9.63. The quantitative estimate of drug-likeness (QED) is 0.477. The van der Waals surface area contributed by atoms with Gasteiger partial charge in [-0.15, -0.1) is 0 Å². The molecule has 1 unspecified atom stereocenters. The topological polar surface area (TPSA) is 119 Å². The Morgan fingerprint density at radius 1 is 1.12 bits per heavy atom. The van der Waals surface area contributed by atoms with Crippen molar-refractivity contribution in [2.24, 2.45) is 0 Å². The van der Waals surface area contributed by atoms with E-state index in [1.165, 1.54) is 6.20 Å². The zero-order chi connectivity index (χ0) is 23.8. The van der Waals surface area contributed by atoms with E-state index in [1.807, 2.05) is 19.1 Å². The molecule has 2 aliphatic rings. The molecule has 5 rings (SSSR count). The number of carbonyl (C=O) groups is 3. The smallest absolute Gasteiger partial charge is 0.270 e. The second kappa shape index (κ2) is 8.90. The van der Waals surface area contributed by atoms with Gasteiger partial charge in [0.15, 0.2) is 0 Å². The highest BCUT2D eigenvalue weighted by Gasteiger charge is 2.27. The van der Waals surface area contributed by atoms with E-state index in [-0.39, 0.29) is 29.7 Å². The average molecular weight is 461 g/mol. The number of pyridine rings is 1. The Morgan fingerprint density at radius 2 is 1.91 bits per heavy atom. The Hall–Kier alpha value is -3.72. The molecular formula is C25H28N6O3. The average Bonchev–Trinajstić information content (AvgIpc) is 3.23. The highest BCUT2D eigenvalue weighted by molar-refractivity contribution is 6.08. The SMILES string of the molecule is CC1CNC(=O)c2[nH]c3ccc(C(=O)Nc4ccc(C(=O)NC5CCN(C)CC5)nc4)cc3c21. The molecule has 4 heterocycles. The number of nitrogens with zero attached hydrogens (tertiary/aromatic N) is 2. The lowest BCUT2D eigenvalue weighted by atomic mass is 9.93. The van der Waals surface area contributed by atoms with Crippen LogP contribution in [0, 0.1) is 0 Å². The van der Waals surface area contributed by atoms with Crippen LogP contribution in [0.15, 0.2) is 36.5 Å². The van der Waals surface area contributed by atoms with Gasteiger partial charge in [-0.25, -0.2) is 4.98 Å². The molecule has 1 saturated heterocycles. The molecule has 34 heavy (non-hydrogen) atoms. The summed E-state index contributed by atoms with van der Waals surface area (Å²) in [4.78, 5) is 47.3. The lowest BCUT2D eigenvalue weighted by Gasteiger charge is -2.29. The first-order chi connectivity index (χ1) is 16.4. The molecule has 3 amide bonds. The van der Waals surface area contributed by atoms with Crippen LogP contribution in [-0.2, 0) is 0 Å². The number of H-pyrrole nitrogens is 1. The number of likely N-dealkylation sites (tertiary alicyclic amines) is 1. The number of hydrogen-bond donors (Lipinski definition) is 4. The molecule has 9 nitrogen and oxygen atoms in total.